The number of hydrogen-bond acceptors (Lipinski definition) is 6. The molecule has 0 unspecified atom stereocenters. The molecular weight excluding hydrogens is 803 g/mol. The summed E-state index contributed by atoms with van der Waals surface area (Å²) < 4.78 is 12.0. The first-order valence-electron chi connectivity index (χ1n) is 20.5. The van der Waals surface area contributed by atoms with Crippen LogP contribution in [0.25, 0.3) is 33.5 Å². The fourth-order valence-electron chi connectivity index (χ4n) is 9.99. The van der Waals surface area contributed by atoms with E-state index in [1.54, 1.807) is 22.7 Å². The smallest absolute Gasteiger partial charge is 0.220 e. The summed E-state index contributed by atoms with van der Waals surface area (Å²) in [5, 5.41) is 11.3. The van der Waals surface area contributed by atoms with Crippen molar-refractivity contribution >= 4 is 79.3 Å². The van der Waals surface area contributed by atoms with Gasteiger partial charge in [-0.1, -0.05) is 133 Å². The van der Waals surface area contributed by atoms with Gasteiger partial charge < -0.3 is 4.74 Å². The molecule has 12 rings (SSSR count). The summed E-state index contributed by atoms with van der Waals surface area (Å²) in [6.07, 6.45) is 5.28. The molecule has 0 amide bonds. The predicted molar refractivity (Wildman–Crippen MR) is 252 cm³/mol. The second-order valence-electron chi connectivity index (χ2n) is 15.7. The van der Waals surface area contributed by atoms with Crippen LogP contribution in [0.3, 0.4) is 0 Å². The Morgan fingerprint density at radius 3 is 1.84 bits per heavy atom. The van der Waals surface area contributed by atoms with Gasteiger partial charge in [-0.05, 0) is 63.2 Å². The topological polar surface area (TPSA) is 57.2 Å². The van der Waals surface area contributed by atoms with Crippen molar-refractivity contribution in [2.24, 2.45) is 0 Å². The molecular formula is C52H37N5OS2Si. The van der Waals surface area contributed by atoms with Crippen molar-refractivity contribution in [2.45, 2.75) is 18.3 Å². The largest absolute Gasteiger partial charge is 0.457 e. The molecule has 61 heavy (non-hydrogen) atoms. The standard InChI is InChI=1S/C52H37N5OS2Si/c1-3-16-37(17-4-1)61(38-18-5-2-6-19-38,39-20-13-15-36(33-39)56-44-25-10-11-26-45(44)57-43-24-9-8-23-42(43)55-51(56)57)47-28-14-22-41-50(47)58-46-27-12-7-21-40(46)52(41,34-48-53-29-31-59-48)35-49-54-30-32-60-49/h1-33H,34-35H2. The van der Waals surface area contributed by atoms with Crippen LogP contribution in [0.1, 0.15) is 21.1 Å². The van der Waals surface area contributed by atoms with Crippen LogP contribution < -0.4 is 25.5 Å². The number of thiazole rings is 2. The predicted octanol–water partition coefficient (Wildman–Crippen LogP) is 9.60. The number of hydrogen-bond donors (Lipinski definition) is 0. The molecule has 4 aromatic heterocycles. The highest BCUT2D eigenvalue weighted by Gasteiger charge is 2.49. The van der Waals surface area contributed by atoms with E-state index in [-0.39, 0.29) is 0 Å². The quantitative estimate of drug-likeness (QED) is 0.107. The first-order chi connectivity index (χ1) is 30.2. The number of imidazole rings is 2. The monoisotopic (exact) mass is 839 g/mol. The van der Waals surface area contributed by atoms with Crippen molar-refractivity contribution in [3.8, 4) is 17.2 Å². The lowest BCUT2D eigenvalue weighted by molar-refractivity contribution is 0.387. The Bertz CT molecular complexity index is 3280. The molecule has 7 aromatic carbocycles. The van der Waals surface area contributed by atoms with Crippen LogP contribution in [-0.4, -0.2) is 32.0 Å². The van der Waals surface area contributed by atoms with E-state index in [2.05, 4.69) is 196 Å². The summed E-state index contributed by atoms with van der Waals surface area (Å²) in [7, 11) is -3.22. The molecule has 0 radical (unpaired) electrons. The maximum absolute atomic E-state index is 7.41. The van der Waals surface area contributed by atoms with Crippen molar-refractivity contribution in [3.63, 3.8) is 0 Å². The van der Waals surface area contributed by atoms with Gasteiger partial charge in [0.2, 0.25) is 5.78 Å². The first-order valence-corrected chi connectivity index (χ1v) is 24.2. The summed E-state index contributed by atoms with van der Waals surface area (Å²) >= 11 is 3.42. The van der Waals surface area contributed by atoms with E-state index in [1.165, 1.54) is 20.7 Å². The molecule has 292 valence electrons. The average molecular weight is 840 g/mol. The summed E-state index contributed by atoms with van der Waals surface area (Å²) in [4.78, 5) is 15.1. The van der Waals surface area contributed by atoms with Crippen molar-refractivity contribution < 1.29 is 4.74 Å². The van der Waals surface area contributed by atoms with Crippen LogP contribution >= 0.6 is 22.7 Å². The number of ether oxygens (including phenoxy) is 1. The third-order valence-corrected chi connectivity index (χ3v) is 18.8. The number of rotatable bonds is 9. The highest BCUT2D eigenvalue weighted by molar-refractivity contribution is 7.20. The van der Waals surface area contributed by atoms with Crippen molar-refractivity contribution in [1.29, 1.82) is 0 Å². The van der Waals surface area contributed by atoms with Gasteiger partial charge in [0.05, 0.1) is 32.1 Å². The van der Waals surface area contributed by atoms with Crippen LogP contribution in [0.5, 0.6) is 11.5 Å². The summed E-state index contributed by atoms with van der Waals surface area (Å²) in [6, 6.07) is 64.0. The number of para-hydroxylation sites is 6. The second kappa shape index (κ2) is 14.4. The maximum atomic E-state index is 7.41. The van der Waals surface area contributed by atoms with Gasteiger partial charge in [0.15, 0.2) is 8.07 Å². The molecule has 1 aliphatic heterocycles. The van der Waals surface area contributed by atoms with Gasteiger partial charge in [-0.3, -0.25) is 8.97 Å². The normalized spacial score (nSPS) is 13.3. The van der Waals surface area contributed by atoms with E-state index >= 15 is 0 Å². The maximum Gasteiger partial charge on any atom is 0.220 e. The molecule has 0 fully saturated rings. The molecule has 0 atom stereocenters. The molecule has 0 N–H and O–H groups in total. The molecule has 0 saturated carbocycles. The van der Waals surface area contributed by atoms with Gasteiger partial charge >= 0.3 is 0 Å². The summed E-state index contributed by atoms with van der Waals surface area (Å²) in [5.74, 6) is 2.69. The molecule has 1 aliphatic rings. The number of benzene rings is 7. The second-order valence-corrected chi connectivity index (χ2v) is 21.4. The number of aromatic nitrogens is 5. The van der Waals surface area contributed by atoms with E-state index in [1.807, 2.05) is 12.4 Å². The van der Waals surface area contributed by atoms with Crippen LogP contribution in [-0.2, 0) is 18.3 Å². The fourth-order valence-corrected chi connectivity index (χ4v) is 16.4. The summed E-state index contributed by atoms with van der Waals surface area (Å²) in [6.45, 7) is 0. The Kier molecular flexibility index (Phi) is 8.48. The minimum Gasteiger partial charge on any atom is -0.457 e. The van der Waals surface area contributed by atoms with E-state index in [0.29, 0.717) is 0 Å². The molecule has 0 bridgehead atoms. The van der Waals surface area contributed by atoms with E-state index < -0.39 is 13.5 Å². The van der Waals surface area contributed by atoms with E-state index in [9.17, 15) is 0 Å². The van der Waals surface area contributed by atoms with Gasteiger partial charge in [-0.25, -0.2) is 15.0 Å². The molecule has 0 spiro atoms. The van der Waals surface area contributed by atoms with Crippen LogP contribution in [0.4, 0.5) is 0 Å². The van der Waals surface area contributed by atoms with Gasteiger partial charge in [-0.15, -0.1) is 22.7 Å². The van der Waals surface area contributed by atoms with E-state index in [0.717, 1.165) is 79.0 Å². The summed E-state index contributed by atoms with van der Waals surface area (Å²) in [5.41, 5.74) is 7.17. The number of nitrogens with zero attached hydrogens (tertiary/aromatic N) is 5. The Morgan fingerprint density at radius 1 is 0.541 bits per heavy atom. The molecule has 0 aliphatic carbocycles. The van der Waals surface area contributed by atoms with Gasteiger partial charge in [0, 0.05) is 58.2 Å². The molecule has 9 heteroatoms. The van der Waals surface area contributed by atoms with Crippen LogP contribution in [0.15, 0.2) is 199 Å². The van der Waals surface area contributed by atoms with Crippen LogP contribution in [0.2, 0.25) is 0 Å². The van der Waals surface area contributed by atoms with Crippen molar-refractivity contribution in [2.75, 3.05) is 0 Å². The Labute approximate surface area is 361 Å². The highest BCUT2D eigenvalue weighted by atomic mass is 32.1. The fraction of sp³-hybridized carbons (Fsp3) is 0.0577. The SMILES string of the molecule is c1ccc([Si](c2ccccc2)(c2cccc(-n3c4ccccc4n4c5ccccc5nc34)c2)c2cccc3c2Oc2ccccc2C3(Cc2nccs2)Cc2nccs2)cc1. The van der Waals surface area contributed by atoms with E-state index in [4.69, 9.17) is 19.7 Å². The molecule has 6 nitrogen and oxygen atoms in total. The first kappa shape index (κ1) is 36.0. The Balaban J connectivity index is 1.17. The zero-order valence-electron chi connectivity index (χ0n) is 32.9. The minimum absolute atomic E-state index is 0.496. The Hall–Kier alpha value is -6.91. The van der Waals surface area contributed by atoms with Crippen molar-refractivity contribution in [1.82, 2.24) is 23.9 Å². The minimum atomic E-state index is -3.22. The van der Waals surface area contributed by atoms with Crippen LogP contribution in [0, 0.1) is 0 Å². The molecule has 11 aromatic rings. The lowest BCUT2D eigenvalue weighted by Gasteiger charge is -2.43. The average Bonchev–Trinajstić information content (AvgIpc) is 4.15. The molecule has 5 heterocycles. The van der Waals surface area contributed by atoms with Crippen molar-refractivity contribution in [3.05, 3.63) is 220 Å². The lowest BCUT2D eigenvalue weighted by atomic mass is 9.68. The Morgan fingerprint density at radius 2 is 1.13 bits per heavy atom. The van der Waals surface area contributed by atoms with Gasteiger partial charge in [0.25, 0.3) is 0 Å². The zero-order chi connectivity index (χ0) is 40.4. The highest BCUT2D eigenvalue weighted by Crippen LogP contribution is 2.51. The van der Waals surface area contributed by atoms with Gasteiger partial charge in [0.1, 0.15) is 11.5 Å². The van der Waals surface area contributed by atoms with Gasteiger partial charge in [-0.2, -0.15) is 0 Å². The molecule has 0 saturated heterocycles. The zero-order valence-corrected chi connectivity index (χ0v) is 35.6. The third-order valence-electron chi connectivity index (χ3n) is 12.5. The third kappa shape index (κ3) is 5.54. The lowest BCUT2D eigenvalue weighted by Crippen LogP contribution is -2.75. The number of fused-ring (bicyclic) bond motifs is 7.